The van der Waals surface area contributed by atoms with Gasteiger partial charge in [0.25, 0.3) is 0 Å². The van der Waals surface area contributed by atoms with Gasteiger partial charge in [-0.1, -0.05) is 0 Å². The number of carbonyl (C=O) groups excluding carboxylic acids is 3. The molecule has 9 heteroatoms. The second-order valence-corrected chi connectivity index (χ2v) is 3.95. The van der Waals surface area contributed by atoms with Crippen molar-refractivity contribution in [1.82, 2.24) is 10.6 Å². The van der Waals surface area contributed by atoms with Crippen LogP contribution in [0.1, 0.15) is 19.8 Å². The fraction of sp³-hybridized carbons (Fsp3) is 0.600. The largest absolute Gasteiger partial charge is 0.480 e. The van der Waals surface area contributed by atoms with Crippen LogP contribution >= 0.6 is 0 Å². The highest BCUT2D eigenvalue weighted by Crippen LogP contribution is 1.95. The summed E-state index contributed by atoms with van der Waals surface area (Å²) in [4.78, 5) is 43.7. The number of primary amides is 1. The van der Waals surface area contributed by atoms with Crippen molar-refractivity contribution in [1.29, 1.82) is 0 Å². The lowest BCUT2D eigenvalue weighted by atomic mass is 10.1. The van der Waals surface area contributed by atoms with Gasteiger partial charge in [-0.15, -0.1) is 0 Å². The van der Waals surface area contributed by atoms with E-state index in [4.69, 9.17) is 16.6 Å². The van der Waals surface area contributed by atoms with Crippen LogP contribution in [0, 0.1) is 0 Å². The smallest absolute Gasteiger partial charge is 0.322 e. The Bertz CT molecular complexity index is 371. The second kappa shape index (κ2) is 8.03. The second-order valence-electron chi connectivity index (χ2n) is 3.95. The maximum atomic E-state index is 11.5. The number of amides is 3. The van der Waals surface area contributed by atoms with Crippen molar-refractivity contribution in [3.63, 3.8) is 0 Å². The molecule has 0 aromatic heterocycles. The zero-order valence-corrected chi connectivity index (χ0v) is 10.5. The van der Waals surface area contributed by atoms with Crippen molar-refractivity contribution in [2.45, 2.75) is 31.8 Å². The van der Waals surface area contributed by atoms with Gasteiger partial charge in [-0.3, -0.25) is 19.2 Å². The molecule has 0 heterocycles. The standard InChI is InChI=1S/C10H18N4O5/c1-5(9(18)13-4-8(16)17)14-10(19)6(11)2-3-7(12)15/h5-6H,2-4,11H2,1H3,(H2,12,15)(H,13,18)(H,14,19)(H,16,17)/t5-,6-/m0/s1. The van der Waals surface area contributed by atoms with E-state index in [0.717, 1.165) is 0 Å². The fourth-order valence-electron chi connectivity index (χ4n) is 1.13. The molecule has 2 atom stereocenters. The van der Waals surface area contributed by atoms with Gasteiger partial charge in [-0.25, -0.2) is 0 Å². The average molecular weight is 274 g/mol. The first-order valence-electron chi connectivity index (χ1n) is 5.57. The predicted molar refractivity (Wildman–Crippen MR) is 64.7 cm³/mol. The molecule has 0 aliphatic carbocycles. The topological polar surface area (TPSA) is 165 Å². The van der Waals surface area contributed by atoms with Crippen LogP contribution in [-0.2, 0) is 19.2 Å². The first kappa shape index (κ1) is 16.8. The lowest BCUT2D eigenvalue weighted by Gasteiger charge is -2.16. The monoisotopic (exact) mass is 274 g/mol. The van der Waals surface area contributed by atoms with Gasteiger partial charge < -0.3 is 27.2 Å². The van der Waals surface area contributed by atoms with Crippen LogP contribution in [0.25, 0.3) is 0 Å². The maximum Gasteiger partial charge on any atom is 0.322 e. The van der Waals surface area contributed by atoms with Crippen LogP contribution in [0.5, 0.6) is 0 Å². The third kappa shape index (κ3) is 7.71. The minimum Gasteiger partial charge on any atom is -0.480 e. The Kier molecular flexibility index (Phi) is 7.12. The lowest BCUT2D eigenvalue weighted by molar-refractivity contribution is -0.138. The maximum absolute atomic E-state index is 11.5. The summed E-state index contributed by atoms with van der Waals surface area (Å²) in [5.74, 6) is -3.02. The summed E-state index contributed by atoms with van der Waals surface area (Å²) in [5.41, 5.74) is 10.4. The molecule has 0 unspecified atom stereocenters. The normalized spacial score (nSPS) is 13.2. The molecule has 108 valence electrons. The van der Waals surface area contributed by atoms with Gasteiger partial charge in [-0.2, -0.15) is 0 Å². The lowest BCUT2D eigenvalue weighted by Crippen LogP contribution is -2.51. The van der Waals surface area contributed by atoms with Crippen LogP contribution in [0.4, 0.5) is 0 Å². The zero-order chi connectivity index (χ0) is 15.0. The van der Waals surface area contributed by atoms with E-state index in [0.29, 0.717) is 0 Å². The van der Waals surface area contributed by atoms with Crippen molar-refractivity contribution in [3.8, 4) is 0 Å². The summed E-state index contributed by atoms with van der Waals surface area (Å²) >= 11 is 0. The Labute approximate surface area is 109 Å². The van der Waals surface area contributed by atoms with Gasteiger partial charge in [0, 0.05) is 6.42 Å². The summed E-state index contributed by atoms with van der Waals surface area (Å²) in [6.45, 7) is 0.850. The van der Waals surface area contributed by atoms with Gasteiger partial charge in [0.15, 0.2) is 0 Å². The van der Waals surface area contributed by atoms with E-state index < -0.39 is 42.3 Å². The van der Waals surface area contributed by atoms with Crippen molar-refractivity contribution < 1.29 is 24.3 Å². The Balaban J connectivity index is 4.12. The quantitative estimate of drug-likeness (QED) is 0.322. The number of aliphatic carboxylic acids is 1. The number of carbonyl (C=O) groups is 4. The van der Waals surface area contributed by atoms with Gasteiger partial charge in [0.1, 0.15) is 12.6 Å². The number of hydrogen-bond donors (Lipinski definition) is 5. The molecule has 0 spiro atoms. The summed E-state index contributed by atoms with van der Waals surface area (Å²) < 4.78 is 0. The molecular formula is C10H18N4O5. The van der Waals surface area contributed by atoms with Crippen LogP contribution in [0.2, 0.25) is 0 Å². The number of carboxylic acids is 1. The zero-order valence-electron chi connectivity index (χ0n) is 10.5. The van der Waals surface area contributed by atoms with Crippen molar-refractivity contribution >= 4 is 23.7 Å². The van der Waals surface area contributed by atoms with Gasteiger partial charge in [0.2, 0.25) is 17.7 Å². The van der Waals surface area contributed by atoms with Crippen LogP contribution in [0.15, 0.2) is 0 Å². The first-order chi connectivity index (χ1) is 8.73. The number of nitrogens with one attached hydrogen (secondary N) is 2. The molecule has 19 heavy (non-hydrogen) atoms. The summed E-state index contributed by atoms with van der Waals surface area (Å²) in [5, 5.41) is 12.8. The highest BCUT2D eigenvalue weighted by atomic mass is 16.4. The average Bonchev–Trinajstić information content (AvgIpc) is 2.32. The van der Waals surface area contributed by atoms with Crippen LogP contribution in [-0.4, -0.2) is 47.4 Å². The molecule has 0 radical (unpaired) electrons. The molecule has 0 saturated heterocycles. The number of rotatable bonds is 8. The third-order valence-electron chi connectivity index (χ3n) is 2.20. The van der Waals surface area contributed by atoms with E-state index in [1.807, 2.05) is 0 Å². The molecular weight excluding hydrogens is 256 g/mol. The van der Waals surface area contributed by atoms with Gasteiger partial charge in [0.05, 0.1) is 6.04 Å². The molecule has 0 saturated carbocycles. The number of nitrogens with two attached hydrogens (primary N) is 2. The Hall–Kier alpha value is -2.16. The van der Waals surface area contributed by atoms with Gasteiger partial charge in [-0.05, 0) is 13.3 Å². The van der Waals surface area contributed by atoms with Crippen molar-refractivity contribution in [2.75, 3.05) is 6.54 Å². The summed E-state index contributed by atoms with van der Waals surface area (Å²) in [6, 6.07) is -1.88. The predicted octanol–water partition coefficient (Wildman–Crippen LogP) is -2.72. The van der Waals surface area contributed by atoms with Crippen molar-refractivity contribution in [3.05, 3.63) is 0 Å². The van der Waals surface area contributed by atoms with E-state index in [1.54, 1.807) is 0 Å². The van der Waals surface area contributed by atoms with Crippen LogP contribution in [0.3, 0.4) is 0 Å². The molecule has 7 N–H and O–H groups in total. The molecule has 0 aromatic carbocycles. The molecule has 3 amide bonds. The SMILES string of the molecule is C[C@H](NC(=O)[C@@H](N)CCC(N)=O)C(=O)NCC(=O)O. The minimum absolute atomic E-state index is 0.0336. The molecule has 0 rings (SSSR count). The number of hydrogen-bond acceptors (Lipinski definition) is 5. The third-order valence-corrected chi connectivity index (χ3v) is 2.20. The molecule has 0 bridgehead atoms. The molecule has 0 aliphatic rings. The molecule has 0 aromatic rings. The number of carboxylic acid groups (broad SMARTS) is 1. The highest BCUT2D eigenvalue weighted by Gasteiger charge is 2.20. The molecule has 9 nitrogen and oxygen atoms in total. The van der Waals surface area contributed by atoms with Gasteiger partial charge >= 0.3 is 5.97 Å². The summed E-state index contributed by atoms with van der Waals surface area (Å²) in [6.07, 6.45) is 0.0405. The van der Waals surface area contributed by atoms with E-state index in [1.165, 1.54) is 6.92 Å². The van der Waals surface area contributed by atoms with E-state index >= 15 is 0 Å². The highest BCUT2D eigenvalue weighted by molar-refractivity contribution is 5.90. The first-order valence-corrected chi connectivity index (χ1v) is 5.57. The van der Waals surface area contributed by atoms with Crippen molar-refractivity contribution in [2.24, 2.45) is 11.5 Å². The summed E-state index contributed by atoms with van der Waals surface area (Å²) in [7, 11) is 0. The Morgan fingerprint density at radius 1 is 1.21 bits per heavy atom. The van der Waals surface area contributed by atoms with E-state index in [2.05, 4.69) is 10.6 Å². The fourth-order valence-corrected chi connectivity index (χ4v) is 1.13. The molecule has 0 fully saturated rings. The minimum atomic E-state index is -1.19. The Morgan fingerprint density at radius 2 is 1.79 bits per heavy atom. The molecule has 0 aliphatic heterocycles. The van der Waals surface area contributed by atoms with Crippen LogP contribution < -0.4 is 22.1 Å². The Morgan fingerprint density at radius 3 is 2.26 bits per heavy atom. The van der Waals surface area contributed by atoms with E-state index in [9.17, 15) is 19.2 Å². The van der Waals surface area contributed by atoms with E-state index in [-0.39, 0.29) is 12.8 Å².